The van der Waals surface area contributed by atoms with Crippen molar-refractivity contribution in [1.82, 2.24) is 4.98 Å². The first kappa shape index (κ1) is 15.2. The van der Waals surface area contributed by atoms with E-state index in [0.29, 0.717) is 27.7 Å². The van der Waals surface area contributed by atoms with Crippen LogP contribution in [0, 0.1) is 6.92 Å². The third-order valence-corrected chi connectivity index (χ3v) is 3.97. The van der Waals surface area contributed by atoms with Crippen LogP contribution in [0.25, 0.3) is 11.3 Å². The maximum Gasteiger partial charge on any atom is 0.259 e. The Hall–Kier alpha value is -2.72. The summed E-state index contributed by atoms with van der Waals surface area (Å²) in [7, 11) is 0. The third-order valence-electron chi connectivity index (χ3n) is 3.64. The van der Waals surface area contributed by atoms with Gasteiger partial charge in [0.25, 0.3) is 5.91 Å². The van der Waals surface area contributed by atoms with Gasteiger partial charge in [0.2, 0.25) is 0 Å². The molecule has 0 bridgehead atoms. The van der Waals surface area contributed by atoms with Gasteiger partial charge in [-0.2, -0.15) is 0 Å². The van der Waals surface area contributed by atoms with Crippen molar-refractivity contribution in [2.24, 2.45) is 0 Å². The summed E-state index contributed by atoms with van der Waals surface area (Å²) < 4.78 is 0. The number of anilines is 2. The molecule has 4 nitrogen and oxygen atoms in total. The molecule has 4 N–H and O–H groups in total. The zero-order valence-corrected chi connectivity index (χ0v) is 13.3. The fourth-order valence-electron chi connectivity index (χ4n) is 2.52. The second-order valence-corrected chi connectivity index (χ2v) is 5.62. The lowest BCUT2D eigenvalue weighted by Gasteiger charge is -2.07. The molecule has 23 heavy (non-hydrogen) atoms. The van der Waals surface area contributed by atoms with Crippen LogP contribution in [0.15, 0.2) is 54.6 Å². The molecule has 0 aliphatic rings. The van der Waals surface area contributed by atoms with Gasteiger partial charge < -0.3 is 16.0 Å². The second-order valence-electron chi connectivity index (χ2n) is 5.21. The number of nitrogens with one attached hydrogen (secondary N) is 2. The molecule has 0 spiro atoms. The van der Waals surface area contributed by atoms with Gasteiger partial charge in [-0.3, -0.25) is 4.79 Å². The van der Waals surface area contributed by atoms with Crippen LogP contribution < -0.4 is 11.1 Å². The van der Waals surface area contributed by atoms with Crippen LogP contribution in [0.3, 0.4) is 0 Å². The normalized spacial score (nSPS) is 10.5. The van der Waals surface area contributed by atoms with Crippen molar-refractivity contribution in [3.8, 4) is 11.3 Å². The average Bonchev–Trinajstić information content (AvgIpc) is 2.85. The minimum absolute atomic E-state index is 0.286. The van der Waals surface area contributed by atoms with Crippen LogP contribution >= 0.6 is 11.6 Å². The first-order valence-corrected chi connectivity index (χ1v) is 7.55. The SMILES string of the molecule is Cc1[nH]c(-c2ccccc2)c(N)c1C(=O)Nc1ccccc1Cl. The number of amides is 1. The molecule has 0 saturated heterocycles. The van der Waals surface area contributed by atoms with Crippen LogP contribution in [0.5, 0.6) is 0 Å². The van der Waals surface area contributed by atoms with Crippen molar-refractivity contribution in [1.29, 1.82) is 0 Å². The molecule has 0 radical (unpaired) electrons. The molecule has 116 valence electrons. The summed E-state index contributed by atoms with van der Waals surface area (Å²) in [6.45, 7) is 1.82. The Balaban J connectivity index is 1.96. The molecule has 0 aliphatic heterocycles. The number of hydrogen-bond donors (Lipinski definition) is 3. The lowest BCUT2D eigenvalue weighted by Crippen LogP contribution is -2.14. The number of para-hydroxylation sites is 1. The van der Waals surface area contributed by atoms with Gasteiger partial charge in [0.1, 0.15) is 0 Å². The van der Waals surface area contributed by atoms with Crippen molar-refractivity contribution in [3.63, 3.8) is 0 Å². The molecule has 1 aromatic heterocycles. The molecule has 0 saturated carbocycles. The molecule has 3 aromatic rings. The molecular weight excluding hydrogens is 310 g/mol. The van der Waals surface area contributed by atoms with Gasteiger partial charge in [-0.1, -0.05) is 54.1 Å². The highest BCUT2D eigenvalue weighted by Gasteiger charge is 2.20. The number of halogens is 1. The molecule has 2 aromatic carbocycles. The van der Waals surface area contributed by atoms with E-state index < -0.39 is 0 Å². The quantitative estimate of drug-likeness (QED) is 0.664. The zero-order valence-electron chi connectivity index (χ0n) is 12.6. The number of aromatic nitrogens is 1. The molecular formula is C18H16ClN3O. The Bertz CT molecular complexity index is 856. The Labute approximate surface area is 139 Å². The Morgan fingerprint density at radius 3 is 2.43 bits per heavy atom. The van der Waals surface area contributed by atoms with Crippen LogP contribution in [0.2, 0.25) is 5.02 Å². The summed E-state index contributed by atoms with van der Waals surface area (Å²) in [5, 5.41) is 3.28. The van der Waals surface area contributed by atoms with E-state index in [9.17, 15) is 4.79 Å². The summed E-state index contributed by atoms with van der Waals surface area (Å²) in [6.07, 6.45) is 0. The number of H-pyrrole nitrogens is 1. The lowest BCUT2D eigenvalue weighted by atomic mass is 10.1. The van der Waals surface area contributed by atoms with Crippen LogP contribution in [0.1, 0.15) is 16.1 Å². The number of carbonyl (C=O) groups is 1. The third kappa shape index (κ3) is 2.94. The first-order chi connectivity index (χ1) is 11.1. The van der Waals surface area contributed by atoms with E-state index in [-0.39, 0.29) is 5.91 Å². The van der Waals surface area contributed by atoms with Crippen molar-refractivity contribution < 1.29 is 4.79 Å². The molecule has 5 heteroatoms. The highest BCUT2D eigenvalue weighted by atomic mass is 35.5. The molecule has 1 heterocycles. The number of hydrogen-bond acceptors (Lipinski definition) is 2. The number of nitrogens with two attached hydrogens (primary N) is 1. The van der Waals surface area contributed by atoms with Crippen molar-refractivity contribution in [2.45, 2.75) is 6.92 Å². The molecule has 1 amide bonds. The number of aromatic amines is 1. The fourth-order valence-corrected chi connectivity index (χ4v) is 2.70. The highest BCUT2D eigenvalue weighted by Crippen LogP contribution is 2.31. The smallest absolute Gasteiger partial charge is 0.259 e. The molecule has 0 atom stereocenters. The summed E-state index contributed by atoms with van der Waals surface area (Å²) >= 11 is 6.08. The van der Waals surface area contributed by atoms with E-state index in [2.05, 4.69) is 10.3 Å². The largest absolute Gasteiger partial charge is 0.396 e. The topological polar surface area (TPSA) is 70.9 Å². The zero-order chi connectivity index (χ0) is 16.4. The minimum Gasteiger partial charge on any atom is -0.396 e. The van der Waals surface area contributed by atoms with E-state index in [1.165, 1.54) is 0 Å². The van der Waals surface area contributed by atoms with Crippen LogP contribution in [0.4, 0.5) is 11.4 Å². The maximum atomic E-state index is 12.6. The summed E-state index contributed by atoms with van der Waals surface area (Å²) in [5.74, 6) is -0.286. The monoisotopic (exact) mass is 325 g/mol. The Morgan fingerprint density at radius 1 is 1.09 bits per heavy atom. The van der Waals surface area contributed by atoms with E-state index >= 15 is 0 Å². The Kier molecular flexibility index (Phi) is 4.08. The maximum absolute atomic E-state index is 12.6. The van der Waals surface area contributed by atoms with Crippen LogP contribution in [-0.4, -0.2) is 10.9 Å². The van der Waals surface area contributed by atoms with E-state index in [1.54, 1.807) is 18.2 Å². The van der Waals surface area contributed by atoms with E-state index in [1.807, 2.05) is 43.3 Å². The lowest BCUT2D eigenvalue weighted by molar-refractivity contribution is 0.102. The van der Waals surface area contributed by atoms with Gasteiger partial charge in [0, 0.05) is 11.3 Å². The number of nitrogen functional groups attached to an aromatic ring is 1. The summed E-state index contributed by atoms with van der Waals surface area (Å²) in [6, 6.07) is 16.8. The number of aryl methyl sites for hydroxylation is 1. The van der Waals surface area contributed by atoms with Crippen molar-refractivity contribution in [2.75, 3.05) is 11.1 Å². The fraction of sp³-hybridized carbons (Fsp3) is 0.0556. The van der Waals surface area contributed by atoms with Gasteiger partial charge in [-0.25, -0.2) is 0 Å². The molecule has 0 unspecified atom stereocenters. The number of rotatable bonds is 3. The average molecular weight is 326 g/mol. The number of carbonyl (C=O) groups excluding carboxylic acids is 1. The summed E-state index contributed by atoms with van der Waals surface area (Å²) in [5.41, 5.74) is 10.0. The predicted molar refractivity (Wildman–Crippen MR) is 94.8 cm³/mol. The van der Waals surface area contributed by atoms with E-state index in [4.69, 9.17) is 17.3 Å². The number of benzene rings is 2. The van der Waals surface area contributed by atoms with Gasteiger partial charge in [0.05, 0.1) is 27.7 Å². The standard InChI is InChI=1S/C18H16ClN3O/c1-11-15(18(23)22-14-10-6-5-9-13(14)19)16(20)17(21-11)12-7-3-2-4-8-12/h2-10,21H,20H2,1H3,(H,22,23). The van der Waals surface area contributed by atoms with Gasteiger partial charge in [-0.05, 0) is 19.1 Å². The molecule has 0 aliphatic carbocycles. The van der Waals surface area contributed by atoms with Crippen molar-refractivity contribution >= 4 is 28.9 Å². The minimum atomic E-state index is -0.286. The van der Waals surface area contributed by atoms with Gasteiger partial charge in [0.15, 0.2) is 0 Å². The van der Waals surface area contributed by atoms with E-state index in [0.717, 1.165) is 11.3 Å². The molecule has 3 rings (SSSR count). The Morgan fingerprint density at radius 2 is 1.74 bits per heavy atom. The predicted octanol–water partition coefficient (Wildman–Crippen LogP) is 4.48. The van der Waals surface area contributed by atoms with Crippen molar-refractivity contribution in [3.05, 3.63) is 70.9 Å². The molecule has 0 fully saturated rings. The highest BCUT2D eigenvalue weighted by molar-refractivity contribution is 6.34. The first-order valence-electron chi connectivity index (χ1n) is 7.17. The van der Waals surface area contributed by atoms with Crippen LogP contribution in [-0.2, 0) is 0 Å². The summed E-state index contributed by atoms with van der Waals surface area (Å²) in [4.78, 5) is 15.8. The second kappa shape index (κ2) is 6.18. The van der Waals surface area contributed by atoms with Gasteiger partial charge >= 0.3 is 0 Å². The van der Waals surface area contributed by atoms with Gasteiger partial charge in [-0.15, -0.1) is 0 Å².